The summed E-state index contributed by atoms with van der Waals surface area (Å²) in [6.45, 7) is 0. The van der Waals surface area contributed by atoms with Crippen molar-refractivity contribution in [1.29, 1.82) is 0 Å². The Morgan fingerprint density at radius 2 is 1.09 bits per heavy atom. The third-order valence-electron chi connectivity index (χ3n) is 5.21. The largest absolute Gasteiger partial charge is 1.00 e. The Bertz CT molecular complexity index is 862. The third kappa shape index (κ3) is 14.4. The van der Waals surface area contributed by atoms with Crippen LogP contribution < -0.4 is 113 Å². The molecule has 0 saturated heterocycles. The van der Waals surface area contributed by atoms with Crippen molar-refractivity contribution in [2.24, 2.45) is 11.8 Å². The first-order valence-electron chi connectivity index (χ1n) is 10.5. The molecule has 0 unspecified atom stereocenters. The van der Waals surface area contributed by atoms with Gasteiger partial charge in [-0.05, 0) is 67.9 Å². The topological polar surface area (TPSA) is 164 Å². The predicted octanol–water partition coefficient (Wildman–Crippen LogP) is -4.19. The van der Waals surface area contributed by atoms with Crippen molar-refractivity contribution in [2.45, 2.75) is 51.4 Å². The van der Waals surface area contributed by atoms with E-state index in [1.807, 2.05) is 0 Å². The summed E-state index contributed by atoms with van der Waals surface area (Å²) in [4.78, 5) is 38.3. The molecule has 2 fully saturated rings. The van der Waals surface area contributed by atoms with Crippen LogP contribution >= 0.6 is 0 Å². The zero-order valence-corrected chi connectivity index (χ0v) is 25.9. The van der Waals surface area contributed by atoms with E-state index in [0.717, 1.165) is 48.9 Å². The molecule has 172 valence electrons. The van der Waals surface area contributed by atoms with Gasteiger partial charge in [-0.1, -0.05) is 25.7 Å². The van der Waals surface area contributed by atoms with Crippen LogP contribution in [0.4, 0.5) is 4.79 Å². The predicted molar refractivity (Wildman–Crippen MR) is 110 cm³/mol. The summed E-state index contributed by atoms with van der Waals surface area (Å²) in [5.74, 6) is -0.106. The molecule has 2 aliphatic carbocycles. The molecule has 2 N–H and O–H groups in total. The maximum absolute atomic E-state index is 10.8. The summed E-state index contributed by atoms with van der Waals surface area (Å²) < 4.78 is 0. The molecule has 11 heteroatoms. The molecule has 2 saturated carbocycles. The van der Waals surface area contributed by atoms with Gasteiger partial charge in [0, 0.05) is 12.4 Å². The van der Waals surface area contributed by atoms with Crippen LogP contribution in [-0.2, 0) is 12.8 Å². The van der Waals surface area contributed by atoms with Gasteiger partial charge >= 0.3 is 115 Å². The van der Waals surface area contributed by atoms with Gasteiger partial charge in [-0.3, -0.25) is 9.97 Å². The molecular formula is C23H26K2N2O7. The SMILES string of the molecule is O=C(O)c1cccnc1CCC1CC1.O=C(O)c1cccnc1CCC1CC1.O=C([O-])[O-].[K+].[K+]. The third-order valence-corrected chi connectivity index (χ3v) is 5.21. The number of pyridine rings is 2. The molecule has 4 rings (SSSR count). The van der Waals surface area contributed by atoms with Crippen molar-refractivity contribution >= 4 is 18.1 Å². The fraction of sp³-hybridized carbons (Fsp3) is 0.435. The second-order valence-electron chi connectivity index (χ2n) is 7.82. The Morgan fingerprint density at radius 3 is 1.35 bits per heavy atom. The first-order chi connectivity index (χ1) is 15.3. The minimum Gasteiger partial charge on any atom is -0.652 e. The Morgan fingerprint density at radius 1 is 0.765 bits per heavy atom. The van der Waals surface area contributed by atoms with Crippen LogP contribution in [0.1, 0.15) is 70.6 Å². The van der Waals surface area contributed by atoms with Crippen LogP contribution in [0.15, 0.2) is 36.7 Å². The van der Waals surface area contributed by atoms with Crippen LogP contribution in [0.5, 0.6) is 0 Å². The molecule has 34 heavy (non-hydrogen) atoms. The molecule has 9 nitrogen and oxygen atoms in total. The van der Waals surface area contributed by atoms with Gasteiger partial charge in [-0.15, -0.1) is 0 Å². The second-order valence-corrected chi connectivity index (χ2v) is 7.82. The van der Waals surface area contributed by atoms with Crippen molar-refractivity contribution in [3.05, 3.63) is 59.2 Å². The van der Waals surface area contributed by atoms with Crippen LogP contribution in [0, 0.1) is 11.8 Å². The van der Waals surface area contributed by atoms with Crippen LogP contribution in [0.25, 0.3) is 0 Å². The Balaban J connectivity index is 0.000000528. The van der Waals surface area contributed by atoms with E-state index in [0.29, 0.717) is 11.1 Å². The van der Waals surface area contributed by atoms with E-state index >= 15 is 0 Å². The smallest absolute Gasteiger partial charge is 0.652 e. The maximum Gasteiger partial charge on any atom is 1.00 e. The van der Waals surface area contributed by atoms with Crippen LogP contribution in [-0.4, -0.2) is 38.3 Å². The van der Waals surface area contributed by atoms with Crippen molar-refractivity contribution in [2.75, 3.05) is 0 Å². The molecule has 0 aromatic carbocycles. The van der Waals surface area contributed by atoms with Crippen molar-refractivity contribution in [3.8, 4) is 0 Å². The number of aromatic carboxylic acids is 2. The van der Waals surface area contributed by atoms with E-state index in [2.05, 4.69) is 9.97 Å². The van der Waals surface area contributed by atoms with Crippen molar-refractivity contribution < 1.29 is 138 Å². The Labute approximate surface area is 283 Å². The van der Waals surface area contributed by atoms with Crippen LogP contribution in [0.2, 0.25) is 0 Å². The number of carbonyl (C=O) groups excluding carboxylic acids is 1. The van der Waals surface area contributed by atoms with Gasteiger partial charge in [-0.25, -0.2) is 9.59 Å². The molecule has 0 aliphatic heterocycles. The Hall–Kier alpha value is -0.217. The van der Waals surface area contributed by atoms with Gasteiger partial charge in [0.2, 0.25) is 0 Å². The number of aryl methyl sites for hydroxylation is 2. The molecule has 2 aliphatic rings. The molecule has 2 aromatic rings. The van der Waals surface area contributed by atoms with Crippen molar-refractivity contribution in [1.82, 2.24) is 9.97 Å². The van der Waals surface area contributed by atoms with Gasteiger partial charge in [0.15, 0.2) is 0 Å². The van der Waals surface area contributed by atoms with E-state index in [4.69, 9.17) is 25.2 Å². The molecule has 0 atom stereocenters. The van der Waals surface area contributed by atoms with Gasteiger partial charge in [0.1, 0.15) is 0 Å². The molecule has 0 radical (unpaired) electrons. The fourth-order valence-electron chi connectivity index (χ4n) is 3.16. The van der Waals surface area contributed by atoms with Crippen molar-refractivity contribution in [3.63, 3.8) is 0 Å². The number of nitrogens with zero attached hydrogens (tertiary/aromatic N) is 2. The van der Waals surface area contributed by atoms with Gasteiger partial charge in [0.25, 0.3) is 0 Å². The number of carbonyl (C=O) groups is 3. The minimum atomic E-state index is -2.33. The first-order valence-corrected chi connectivity index (χ1v) is 10.5. The quantitative estimate of drug-likeness (QED) is 0.329. The summed E-state index contributed by atoms with van der Waals surface area (Å²) in [7, 11) is 0. The molecular weight excluding hydrogens is 494 g/mol. The zero-order valence-electron chi connectivity index (χ0n) is 19.6. The molecule has 0 bridgehead atoms. The normalized spacial score (nSPS) is 13.4. The monoisotopic (exact) mass is 520 g/mol. The number of carboxylic acids is 2. The second kappa shape index (κ2) is 18.1. The van der Waals surface area contributed by atoms with E-state index in [9.17, 15) is 9.59 Å². The van der Waals surface area contributed by atoms with E-state index < -0.39 is 18.1 Å². The summed E-state index contributed by atoms with van der Waals surface area (Å²) in [5.41, 5.74) is 2.17. The standard InChI is InChI=1S/2C11H13NO2.CH2O3.2K/c2*13-11(14)9-2-1-7-12-10(9)6-5-8-3-4-8;2-1(3)4;;/h2*1-2,7-8H,3-6H2,(H,13,14);(H2,2,3,4);;/q;;;2*+1/p-2. The average molecular weight is 521 g/mol. The maximum atomic E-state index is 10.8. The molecule has 2 aromatic heterocycles. The fourth-order valence-corrected chi connectivity index (χ4v) is 3.16. The molecule has 0 amide bonds. The van der Waals surface area contributed by atoms with E-state index in [1.165, 1.54) is 25.7 Å². The first kappa shape index (κ1) is 33.8. The van der Waals surface area contributed by atoms with Crippen LogP contribution in [0.3, 0.4) is 0 Å². The van der Waals surface area contributed by atoms with E-state index in [1.54, 1.807) is 36.7 Å². The number of aromatic nitrogens is 2. The number of hydrogen-bond donors (Lipinski definition) is 2. The summed E-state index contributed by atoms with van der Waals surface area (Å²) >= 11 is 0. The zero-order chi connectivity index (χ0) is 23.5. The van der Waals surface area contributed by atoms with Gasteiger partial charge in [0.05, 0.1) is 22.5 Å². The number of hydrogen-bond acceptors (Lipinski definition) is 7. The number of carboxylic acid groups (broad SMARTS) is 4. The molecule has 0 spiro atoms. The van der Waals surface area contributed by atoms with E-state index in [-0.39, 0.29) is 103 Å². The Kier molecular flexibility index (Phi) is 18.0. The average Bonchev–Trinajstić information content (AvgIpc) is 3.66. The summed E-state index contributed by atoms with van der Waals surface area (Å²) in [6.07, 6.45) is 9.95. The summed E-state index contributed by atoms with van der Waals surface area (Å²) in [6, 6.07) is 6.59. The van der Waals surface area contributed by atoms with Gasteiger partial charge < -0.3 is 25.2 Å². The summed E-state index contributed by atoms with van der Waals surface area (Å²) in [5, 5.41) is 34.5. The molecule has 2 heterocycles. The van der Waals surface area contributed by atoms with Gasteiger partial charge in [-0.2, -0.15) is 0 Å². The minimum absolute atomic E-state index is 0. The number of rotatable bonds is 8.